The second-order valence-electron chi connectivity index (χ2n) is 5.71. The number of rotatable bonds is 3. The number of amides is 2. The van der Waals surface area contributed by atoms with Crippen LogP contribution in [0.15, 0.2) is 42.5 Å². The third-order valence-electron chi connectivity index (χ3n) is 4.03. The molecule has 23 heavy (non-hydrogen) atoms. The molecule has 0 spiro atoms. The molecule has 1 fully saturated rings. The molecule has 1 aliphatic heterocycles. The number of benzene rings is 2. The van der Waals surface area contributed by atoms with Crippen LogP contribution in [0, 0.1) is 19.7 Å². The van der Waals surface area contributed by atoms with Crippen molar-refractivity contribution >= 4 is 23.2 Å². The Balaban J connectivity index is 1.85. The quantitative estimate of drug-likeness (QED) is 0.886. The smallest absolute Gasteiger partial charge is 0.256 e. The van der Waals surface area contributed by atoms with Gasteiger partial charge in [0.25, 0.3) is 5.91 Å². The fraction of sp³-hybridized carbons (Fsp3) is 0.222. The van der Waals surface area contributed by atoms with E-state index in [4.69, 9.17) is 0 Å². The Kier molecular flexibility index (Phi) is 3.86. The minimum atomic E-state index is -0.604. The summed E-state index contributed by atoms with van der Waals surface area (Å²) >= 11 is 0. The second kappa shape index (κ2) is 5.83. The summed E-state index contributed by atoms with van der Waals surface area (Å²) in [5.74, 6) is -1.01. The molecule has 1 heterocycles. The molecule has 4 nitrogen and oxygen atoms in total. The van der Waals surface area contributed by atoms with E-state index in [1.807, 2.05) is 32.0 Å². The fourth-order valence-corrected chi connectivity index (χ4v) is 2.82. The number of carbonyl (C=O) groups is 2. The van der Waals surface area contributed by atoms with Crippen molar-refractivity contribution < 1.29 is 14.0 Å². The lowest BCUT2D eigenvalue weighted by Crippen LogP contribution is -2.35. The Bertz CT molecular complexity index is 751. The summed E-state index contributed by atoms with van der Waals surface area (Å²) in [4.78, 5) is 25.9. The van der Waals surface area contributed by atoms with Gasteiger partial charge in [0.05, 0.1) is 12.1 Å². The monoisotopic (exact) mass is 312 g/mol. The van der Waals surface area contributed by atoms with E-state index in [-0.39, 0.29) is 18.2 Å². The molecule has 0 radical (unpaired) electrons. The average Bonchev–Trinajstić information content (AvgIpc) is 2.79. The van der Waals surface area contributed by atoms with E-state index in [1.165, 1.54) is 24.3 Å². The van der Waals surface area contributed by atoms with Crippen molar-refractivity contribution in [2.75, 3.05) is 10.2 Å². The van der Waals surface area contributed by atoms with Gasteiger partial charge in [0.1, 0.15) is 11.9 Å². The molecule has 1 N–H and O–H groups in total. The molecule has 118 valence electrons. The maximum atomic E-state index is 13.0. The molecule has 2 aromatic rings. The standard InChI is InChI=1S/C18H17FN2O2/c1-11-4-3-5-12(2)17(11)20-15-10-16(22)21(18(15)23)14-8-6-13(19)7-9-14/h3-9,15,20H,10H2,1-2H3/t15-/m1/s1. The number of nitrogens with zero attached hydrogens (tertiary/aromatic N) is 1. The molecule has 0 bridgehead atoms. The number of imide groups is 1. The van der Waals surface area contributed by atoms with Gasteiger partial charge in [-0.25, -0.2) is 9.29 Å². The third kappa shape index (κ3) is 2.82. The SMILES string of the molecule is Cc1cccc(C)c1N[C@@H]1CC(=O)N(c2ccc(F)cc2)C1=O. The highest BCUT2D eigenvalue weighted by molar-refractivity contribution is 6.23. The lowest BCUT2D eigenvalue weighted by molar-refractivity contribution is -0.121. The highest BCUT2D eigenvalue weighted by Gasteiger charge is 2.39. The van der Waals surface area contributed by atoms with Crippen LogP contribution < -0.4 is 10.2 Å². The van der Waals surface area contributed by atoms with Crippen LogP contribution >= 0.6 is 0 Å². The van der Waals surface area contributed by atoms with E-state index >= 15 is 0 Å². The van der Waals surface area contributed by atoms with Gasteiger partial charge in [-0.05, 0) is 49.2 Å². The van der Waals surface area contributed by atoms with Crippen molar-refractivity contribution in [2.45, 2.75) is 26.3 Å². The molecule has 2 amide bonds. The summed E-state index contributed by atoms with van der Waals surface area (Å²) in [5, 5.41) is 3.18. The summed E-state index contributed by atoms with van der Waals surface area (Å²) < 4.78 is 13.0. The molecule has 1 atom stereocenters. The number of carbonyl (C=O) groups excluding carboxylic acids is 2. The van der Waals surface area contributed by atoms with E-state index in [0.29, 0.717) is 5.69 Å². The normalized spacial score (nSPS) is 17.7. The van der Waals surface area contributed by atoms with Gasteiger partial charge in [-0.2, -0.15) is 0 Å². The Morgan fingerprint density at radius 3 is 2.26 bits per heavy atom. The zero-order valence-corrected chi connectivity index (χ0v) is 13.0. The number of halogens is 1. The van der Waals surface area contributed by atoms with Gasteiger partial charge in [0.15, 0.2) is 0 Å². The zero-order chi connectivity index (χ0) is 16.6. The first-order valence-corrected chi connectivity index (χ1v) is 7.42. The highest BCUT2D eigenvalue weighted by atomic mass is 19.1. The van der Waals surface area contributed by atoms with Crippen LogP contribution in [-0.4, -0.2) is 17.9 Å². The number of hydrogen-bond acceptors (Lipinski definition) is 3. The Labute approximate surface area is 133 Å². The number of anilines is 2. The van der Waals surface area contributed by atoms with Crippen LogP contribution in [0.2, 0.25) is 0 Å². The highest BCUT2D eigenvalue weighted by Crippen LogP contribution is 2.27. The van der Waals surface area contributed by atoms with E-state index in [2.05, 4.69) is 5.32 Å². The molecule has 1 saturated heterocycles. The van der Waals surface area contributed by atoms with Crippen molar-refractivity contribution in [3.8, 4) is 0 Å². The molecule has 5 heteroatoms. The van der Waals surface area contributed by atoms with Gasteiger partial charge in [-0.1, -0.05) is 18.2 Å². The maximum absolute atomic E-state index is 13.0. The minimum Gasteiger partial charge on any atom is -0.373 e. The van der Waals surface area contributed by atoms with Crippen molar-refractivity contribution in [1.82, 2.24) is 0 Å². The summed E-state index contributed by atoms with van der Waals surface area (Å²) in [6.07, 6.45) is 0.0873. The van der Waals surface area contributed by atoms with Crippen LogP contribution in [-0.2, 0) is 9.59 Å². The average molecular weight is 312 g/mol. The van der Waals surface area contributed by atoms with Gasteiger partial charge in [-0.3, -0.25) is 9.59 Å². The first-order chi connectivity index (χ1) is 11.0. The molecule has 2 aromatic carbocycles. The predicted octanol–water partition coefficient (Wildman–Crippen LogP) is 3.19. The van der Waals surface area contributed by atoms with E-state index < -0.39 is 11.9 Å². The van der Waals surface area contributed by atoms with Gasteiger partial charge in [0, 0.05) is 5.69 Å². The van der Waals surface area contributed by atoms with Crippen LogP contribution in [0.1, 0.15) is 17.5 Å². The molecular weight excluding hydrogens is 295 g/mol. The maximum Gasteiger partial charge on any atom is 0.256 e. The Morgan fingerprint density at radius 1 is 1.04 bits per heavy atom. The summed E-state index contributed by atoms with van der Waals surface area (Å²) in [6, 6.07) is 10.6. The van der Waals surface area contributed by atoms with Crippen LogP contribution in [0.5, 0.6) is 0 Å². The predicted molar refractivity (Wildman–Crippen MR) is 86.8 cm³/mol. The fourth-order valence-electron chi connectivity index (χ4n) is 2.82. The van der Waals surface area contributed by atoms with E-state index in [1.54, 1.807) is 0 Å². The number of para-hydroxylation sites is 1. The van der Waals surface area contributed by atoms with E-state index in [9.17, 15) is 14.0 Å². The lowest BCUT2D eigenvalue weighted by Gasteiger charge is -2.18. The van der Waals surface area contributed by atoms with Crippen molar-refractivity contribution in [2.24, 2.45) is 0 Å². The van der Waals surface area contributed by atoms with E-state index in [0.717, 1.165) is 21.7 Å². The zero-order valence-electron chi connectivity index (χ0n) is 13.0. The number of hydrogen-bond donors (Lipinski definition) is 1. The second-order valence-corrected chi connectivity index (χ2v) is 5.71. The molecule has 0 aliphatic carbocycles. The summed E-state index contributed by atoms with van der Waals surface area (Å²) in [5.41, 5.74) is 3.31. The van der Waals surface area contributed by atoms with Gasteiger partial charge >= 0.3 is 0 Å². The first-order valence-electron chi connectivity index (χ1n) is 7.42. The molecule has 0 aromatic heterocycles. The molecular formula is C18H17FN2O2. The van der Waals surface area contributed by atoms with Gasteiger partial charge in [0.2, 0.25) is 5.91 Å². The summed E-state index contributed by atoms with van der Waals surface area (Å²) in [6.45, 7) is 3.91. The van der Waals surface area contributed by atoms with Crippen LogP contribution in [0.3, 0.4) is 0 Å². The third-order valence-corrected chi connectivity index (χ3v) is 4.03. The lowest BCUT2D eigenvalue weighted by atomic mass is 10.1. The van der Waals surface area contributed by atoms with Crippen LogP contribution in [0.4, 0.5) is 15.8 Å². The van der Waals surface area contributed by atoms with Crippen LogP contribution in [0.25, 0.3) is 0 Å². The summed E-state index contributed by atoms with van der Waals surface area (Å²) in [7, 11) is 0. The largest absolute Gasteiger partial charge is 0.373 e. The Hall–Kier alpha value is -2.69. The molecule has 3 rings (SSSR count). The van der Waals surface area contributed by atoms with Gasteiger partial charge in [-0.15, -0.1) is 0 Å². The van der Waals surface area contributed by atoms with Crippen molar-refractivity contribution in [3.05, 3.63) is 59.4 Å². The minimum absolute atomic E-state index is 0.0873. The molecule has 0 unspecified atom stereocenters. The number of aryl methyl sites for hydroxylation is 2. The molecule has 0 saturated carbocycles. The van der Waals surface area contributed by atoms with Gasteiger partial charge < -0.3 is 5.32 Å². The molecule has 1 aliphatic rings. The van der Waals surface area contributed by atoms with Crippen molar-refractivity contribution in [3.63, 3.8) is 0 Å². The van der Waals surface area contributed by atoms with Crippen molar-refractivity contribution in [1.29, 1.82) is 0 Å². The topological polar surface area (TPSA) is 49.4 Å². The first kappa shape index (κ1) is 15.2. The Morgan fingerprint density at radius 2 is 1.65 bits per heavy atom. The number of nitrogens with one attached hydrogen (secondary N) is 1.